The molecule has 0 unspecified atom stereocenters. The molecule has 2 N–H and O–H groups in total. The Morgan fingerprint density at radius 3 is 2.74 bits per heavy atom. The molecule has 0 atom stereocenters. The van der Waals surface area contributed by atoms with Crippen LogP contribution in [0.5, 0.6) is 0 Å². The first kappa shape index (κ1) is 26.9. The van der Waals surface area contributed by atoms with Crippen LogP contribution in [-0.2, 0) is 27.7 Å². The van der Waals surface area contributed by atoms with Crippen molar-refractivity contribution < 1.29 is 13.2 Å². The molecule has 0 saturated heterocycles. The summed E-state index contributed by atoms with van der Waals surface area (Å²) in [4.78, 5) is 50.4. The molecule has 1 aliphatic heterocycles. The van der Waals surface area contributed by atoms with Crippen LogP contribution < -0.4 is 16.6 Å². The molecule has 11 nitrogen and oxygen atoms in total. The van der Waals surface area contributed by atoms with Crippen molar-refractivity contribution in [1.82, 2.24) is 29.4 Å². The van der Waals surface area contributed by atoms with E-state index in [9.17, 15) is 22.8 Å². The van der Waals surface area contributed by atoms with E-state index in [2.05, 4.69) is 20.3 Å². The van der Waals surface area contributed by atoms with Crippen LogP contribution in [0.15, 0.2) is 68.6 Å². The van der Waals surface area contributed by atoms with E-state index >= 15 is 0 Å². The van der Waals surface area contributed by atoms with Gasteiger partial charge >= 0.3 is 5.69 Å². The lowest BCUT2D eigenvalue weighted by molar-refractivity contribution is -0.121. The highest BCUT2D eigenvalue weighted by molar-refractivity contribution is 7.99. The molecule has 0 fully saturated rings. The normalized spacial score (nSPS) is 14.3. The molecule has 0 spiro atoms. The van der Waals surface area contributed by atoms with Crippen LogP contribution in [-0.4, -0.2) is 56.5 Å². The summed E-state index contributed by atoms with van der Waals surface area (Å²) in [5.74, 6) is 0.503. The fourth-order valence-corrected chi connectivity index (χ4v) is 7.33. The van der Waals surface area contributed by atoms with Gasteiger partial charge in [-0.25, -0.2) is 23.2 Å². The molecule has 13 heteroatoms. The van der Waals surface area contributed by atoms with E-state index in [1.54, 1.807) is 42.1 Å². The van der Waals surface area contributed by atoms with Crippen molar-refractivity contribution in [2.75, 3.05) is 18.1 Å². The molecule has 0 radical (unpaired) electrons. The standard InChI is InChI=1S/C26H28N6O5S2/c33-20(9-4-15-38-23-19-10-12-28-22(19)29-17-30-23)27-11-5-13-31-24(34)21(18-7-2-1-3-8-18)25-32(26(31)35)14-6-16-39(25,36)37/h1-3,7-8,10,12,17H,4-6,9,11,13-16H2,(H,27,33)(H,28,29,30). The van der Waals surface area contributed by atoms with E-state index in [1.807, 2.05) is 12.3 Å². The summed E-state index contributed by atoms with van der Waals surface area (Å²) in [6.07, 6.45) is 4.98. The Hall–Kier alpha value is -3.71. The number of aromatic amines is 1. The van der Waals surface area contributed by atoms with Gasteiger partial charge in [-0.05, 0) is 30.9 Å². The molecular formula is C26H28N6O5S2. The Bertz CT molecular complexity index is 1730. The zero-order valence-electron chi connectivity index (χ0n) is 21.1. The molecule has 4 heterocycles. The maximum atomic E-state index is 13.4. The first-order valence-electron chi connectivity index (χ1n) is 12.7. The minimum absolute atomic E-state index is 0.0250. The summed E-state index contributed by atoms with van der Waals surface area (Å²) in [6, 6.07) is 10.5. The predicted octanol–water partition coefficient (Wildman–Crippen LogP) is 2.20. The largest absolute Gasteiger partial charge is 0.356 e. The van der Waals surface area contributed by atoms with Crippen molar-refractivity contribution in [3.8, 4) is 11.1 Å². The summed E-state index contributed by atoms with van der Waals surface area (Å²) in [7, 11) is -3.77. The fourth-order valence-electron chi connectivity index (χ4n) is 4.68. The lowest BCUT2D eigenvalue weighted by Crippen LogP contribution is -2.45. The fraction of sp³-hybridized carbons (Fsp3) is 0.346. The van der Waals surface area contributed by atoms with Crippen molar-refractivity contribution in [2.45, 2.75) is 48.8 Å². The maximum Gasteiger partial charge on any atom is 0.332 e. The quantitative estimate of drug-likeness (QED) is 0.168. The number of hydrogen-bond acceptors (Lipinski definition) is 8. The van der Waals surface area contributed by atoms with Crippen molar-refractivity contribution in [3.63, 3.8) is 0 Å². The lowest BCUT2D eigenvalue weighted by atomic mass is 10.1. The van der Waals surface area contributed by atoms with Gasteiger partial charge in [0.25, 0.3) is 5.56 Å². The van der Waals surface area contributed by atoms with Crippen LogP contribution in [0.2, 0.25) is 0 Å². The van der Waals surface area contributed by atoms with E-state index in [0.717, 1.165) is 26.4 Å². The van der Waals surface area contributed by atoms with Gasteiger partial charge in [0.05, 0.1) is 16.7 Å². The van der Waals surface area contributed by atoms with Crippen LogP contribution in [0.3, 0.4) is 0 Å². The molecule has 1 aliphatic rings. The first-order chi connectivity index (χ1) is 18.9. The molecule has 1 aromatic carbocycles. The number of rotatable bonds is 10. The van der Waals surface area contributed by atoms with Crippen LogP contribution in [0.1, 0.15) is 25.7 Å². The van der Waals surface area contributed by atoms with Gasteiger partial charge < -0.3 is 10.3 Å². The van der Waals surface area contributed by atoms with Crippen LogP contribution >= 0.6 is 11.8 Å². The lowest BCUT2D eigenvalue weighted by Gasteiger charge is -2.23. The third-order valence-corrected chi connectivity index (χ3v) is 9.45. The van der Waals surface area contributed by atoms with Crippen molar-refractivity contribution in [2.24, 2.45) is 0 Å². The monoisotopic (exact) mass is 568 g/mol. The Morgan fingerprint density at radius 1 is 1.10 bits per heavy atom. The zero-order chi connectivity index (χ0) is 27.4. The summed E-state index contributed by atoms with van der Waals surface area (Å²) in [6.45, 7) is 0.579. The average Bonchev–Trinajstić information content (AvgIpc) is 3.41. The highest BCUT2D eigenvalue weighted by atomic mass is 32.2. The Morgan fingerprint density at radius 2 is 1.92 bits per heavy atom. The molecule has 4 aromatic rings. The van der Waals surface area contributed by atoms with Crippen LogP contribution in [0.4, 0.5) is 0 Å². The van der Waals surface area contributed by atoms with Gasteiger partial charge in [0.2, 0.25) is 5.91 Å². The summed E-state index contributed by atoms with van der Waals surface area (Å²) in [5.41, 5.74) is -0.0107. The second kappa shape index (κ2) is 11.6. The van der Waals surface area contributed by atoms with Crippen LogP contribution in [0.25, 0.3) is 22.2 Å². The number of thioether (sulfide) groups is 1. The number of nitrogens with one attached hydrogen (secondary N) is 2. The van der Waals surface area contributed by atoms with E-state index in [-0.39, 0.29) is 41.9 Å². The summed E-state index contributed by atoms with van der Waals surface area (Å²) < 4.78 is 28.1. The number of nitrogens with zero attached hydrogens (tertiary/aromatic N) is 4. The molecule has 0 saturated carbocycles. The number of aromatic nitrogens is 5. The number of sulfone groups is 1. The van der Waals surface area contributed by atoms with Crippen molar-refractivity contribution in [3.05, 3.63) is 69.8 Å². The second-order valence-corrected chi connectivity index (χ2v) is 12.3. The van der Waals surface area contributed by atoms with Gasteiger partial charge in [0.15, 0.2) is 14.9 Å². The molecule has 0 bridgehead atoms. The van der Waals surface area contributed by atoms with Gasteiger partial charge in [0, 0.05) is 38.0 Å². The number of H-pyrrole nitrogens is 1. The van der Waals surface area contributed by atoms with E-state index in [0.29, 0.717) is 31.2 Å². The van der Waals surface area contributed by atoms with E-state index < -0.39 is 21.1 Å². The van der Waals surface area contributed by atoms with Gasteiger partial charge in [0.1, 0.15) is 17.0 Å². The third kappa shape index (κ3) is 5.69. The Labute approximate surface area is 228 Å². The molecular weight excluding hydrogens is 540 g/mol. The van der Waals surface area contributed by atoms with Gasteiger partial charge in [-0.3, -0.25) is 18.7 Å². The Kier molecular flexibility index (Phi) is 7.98. The average molecular weight is 569 g/mol. The topological polar surface area (TPSA) is 149 Å². The van der Waals surface area contributed by atoms with Crippen LogP contribution in [0, 0.1) is 0 Å². The smallest absolute Gasteiger partial charge is 0.332 e. The first-order valence-corrected chi connectivity index (χ1v) is 15.3. The van der Waals surface area contributed by atoms with E-state index in [1.165, 1.54) is 10.9 Å². The Balaban J connectivity index is 1.20. The highest BCUT2D eigenvalue weighted by Crippen LogP contribution is 2.27. The second-order valence-electron chi connectivity index (χ2n) is 9.18. The summed E-state index contributed by atoms with van der Waals surface area (Å²) in [5, 5.41) is 4.46. The predicted molar refractivity (Wildman–Crippen MR) is 149 cm³/mol. The number of carbonyl (C=O) groups excluding carboxylic acids is 1. The number of fused-ring (bicyclic) bond motifs is 2. The molecule has 3 aromatic heterocycles. The number of benzene rings is 1. The number of carbonyl (C=O) groups is 1. The number of amides is 1. The van der Waals surface area contributed by atoms with Crippen molar-refractivity contribution >= 4 is 38.5 Å². The molecule has 1 amide bonds. The highest BCUT2D eigenvalue weighted by Gasteiger charge is 2.32. The van der Waals surface area contributed by atoms with E-state index in [4.69, 9.17) is 0 Å². The molecule has 204 valence electrons. The van der Waals surface area contributed by atoms with Gasteiger partial charge in [-0.15, -0.1) is 11.8 Å². The third-order valence-electron chi connectivity index (χ3n) is 6.52. The molecule has 5 rings (SSSR count). The molecule has 0 aliphatic carbocycles. The van der Waals surface area contributed by atoms with Crippen molar-refractivity contribution in [1.29, 1.82) is 0 Å². The minimum Gasteiger partial charge on any atom is -0.356 e. The maximum absolute atomic E-state index is 13.4. The summed E-state index contributed by atoms with van der Waals surface area (Å²) >= 11 is 1.57. The SMILES string of the molecule is O=C(CCCSc1ncnc2[nH]ccc12)NCCCn1c(=O)c(-c2ccccc2)c2n(c1=O)CCCS2(=O)=O. The minimum atomic E-state index is -3.77. The zero-order valence-corrected chi connectivity index (χ0v) is 22.8. The molecule has 39 heavy (non-hydrogen) atoms. The van der Waals surface area contributed by atoms with Gasteiger partial charge in [-0.1, -0.05) is 30.3 Å². The number of hydrogen-bond donors (Lipinski definition) is 2. The van der Waals surface area contributed by atoms with Gasteiger partial charge in [-0.2, -0.15) is 0 Å².